The molecule has 1 N–H and O–H groups in total. The van der Waals surface area contributed by atoms with Gasteiger partial charge in [0.05, 0.1) is 6.61 Å². The molecule has 18 heavy (non-hydrogen) atoms. The maximum Gasteiger partial charge on any atom is 0.220 e. The van der Waals surface area contributed by atoms with E-state index < -0.39 is 0 Å². The van der Waals surface area contributed by atoms with Crippen molar-refractivity contribution in [2.45, 2.75) is 33.1 Å². The zero-order chi connectivity index (χ0) is 13.2. The van der Waals surface area contributed by atoms with E-state index in [-0.39, 0.29) is 5.91 Å². The van der Waals surface area contributed by atoms with Crippen LogP contribution >= 0.6 is 0 Å². The molecule has 1 amide bonds. The van der Waals surface area contributed by atoms with Crippen LogP contribution in [0.25, 0.3) is 0 Å². The average Bonchev–Trinajstić information content (AvgIpc) is 2.37. The predicted octanol–water partition coefficient (Wildman–Crippen LogP) is 3.01. The minimum absolute atomic E-state index is 0.142. The number of ether oxygens (including phenoxy) is 1. The van der Waals surface area contributed by atoms with Gasteiger partial charge in [-0.2, -0.15) is 0 Å². The van der Waals surface area contributed by atoms with E-state index >= 15 is 0 Å². The largest absolute Gasteiger partial charge is 0.494 e. The Bertz CT molecular complexity index is 336. The van der Waals surface area contributed by atoms with Crippen LogP contribution in [0.2, 0.25) is 0 Å². The molecule has 0 radical (unpaired) electrons. The highest BCUT2D eigenvalue weighted by atomic mass is 16.5. The molecular formula is C15H23NO2. The summed E-state index contributed by atoms with van der Waals surface area (Å²) in [6, 6.07) is 9.72. The van der Waals surface area contributed by atoms with Crippen molar-refractivity contribution < 1.29 is 9.53 Å². The van der Waals surface area contributed by atoms with Gasteiger partial charge in [-0.15, -0.1) is 0 Å². The summed E-state index contributed by atoms with van der Waals surface area (Å²) in [4.78, 5) is 11.4. The van der Waals surface area contributed by atoms with Gasteiger partial charge in [0, 0.05) is 13.0 Å². The SMILES string of the molecule is CC(C)CCC(=O)NCCCOc1ccccc1. The number of nitrogens with one attached hydrogen (secondary N) is 1. The number of carbonyl (C=O) groups excluding carboxylic acids is 1. The van der Waals surface area contributed by atoms with Crippen molar-refractivity contribution >= 4 is 5.91 Å². The third-order valence-electron chi connectivity index (χ3n) is 2.60. The molecule has 0 aliphatic carbocycles. The molecule has 0 aliphatic rings. The fourth-order valence-electron chi connectivity index (χ4n) is 1.51. The lowest BCUT2D eigenvalue weighted by atomic mass is 10.1. The van der Waals surface area contributed by atoms with Gasteiger partial charge in [-0.25, -0.2) is 0 Å². The zero-order valence-corrected chi connectivity index (χ0v) is 11.3. The molecule has 0 bridgehead atoms. The number of hydrogen-bond donors (Lipinski definition) is 1. The quantitative estimate of drug-likeness (QED) is 0.719. The summed E-state index contributed by atoms with van der Waals surface area (Å²) in [7, 11) is 0. The van der Waals surface area contributed by atoms with E-state index in [1.807, 2.05) is 30.3 Å². The Morgan fingerprint density at radius 3 is 2.67 bits per heavy atom. The molecule has 0 unspecified atom stereocenters. The van der Waals surface area contributed by atoms with E-state index in [1.54, 1.807) is 0 Å². The first-order chi connectivity index (χ1) is 8.68. The van der Waals surface area contributed by atoms with Crippen molar-refractivity contribution in [3.8, 4) is 5.75 Å². The predicted molar refractivity (Wildman–Crippen MR) is 73.6 cm³/mol. The summed E-state index contributed by atoms with van der Waals surface area (Å²) in [5, 5.41) is 2.91. The van der Waals surface area contributed by atoms with Crippen LogP contribution < -0.4 is 10.1 Å². The molecule has 3 nitrogen and oxygen atoms in total. The normalized spacial score (nSPS) is 10.4. The number of rotatable bonds is 8. The molecule has 0 aliphatic heterocycles. The molecule has 0 saturated heterocycles. The second-order valence-corrected chi connectivity index (χ2v) is 4.80. The second kappa shape index (κ2) is 8.56. The standard InChI is InChI=1S/C15H23NO2/c1-13(2)9-10-15(17)16-11-6-12-18-14-7-4-3-5-8-14/h3-5,7-8,13H,6,9-12H2,1-2H3,(H,16,17). The lowest BCUT2D eigenvalue weighted by molar-refractivity contribution is -0.121. The van der Waals surface area contributed by atoms with Crippen molar-refractivity contribution in [1.82, 2.24) is 5.32 Å². The second-order valence-electron chi connectivity index (χ2n) is 4.80. The molecule has 1 aromatic rings. The van der Waals surface area contributed by atoms with Crippen molar-refractivity contribution in [1.29, 1.82) is 0 Å². The number of benzene rings is 1. The topological polar surface area (TPSA) is 38.3 Å². The van der Waals surface area contributed by atoms with E-state index in [0.717, 1.165) is 18.6 Å². The van der Waals surface area contributed by atoms with Crippen LogP contribution in [-0.2, 0) is 4.79 Å². The summed E-state index contributed by atoms with van der Waals surface area (Å²) in [6.45, 7) is 5.57. The highest BCUT2D eigenvalue weighted by Crippen LogP contribution is 2.08. The van der Waals surface area contributed by atoms with Gasteiger partial charge < -0.3 is 10.1 Å². The third-order valence-corrected chi connectivity index (χ3v) is 2.60. The highest BCUT2D eigenvalue weighted by Gasteiger charge is 2.02. The van der Waals surface area contributed by atoms with Crippen LogP contribution in [0.5, 0.6) is 5.75 Å². The molecule has 100 valence electrons. The average molecular weight is 249 g/mol. The van der Waals surface area contributed by atoms with Crippen LogP contribution in [0.15, 0.2) is 30.3 Å². The summed E-state index contributed by atoms with van der Waals surface area (Å²) in [5.41, 5.74) is 0. The molecule has 0 heterocycles. The van der Waals surface area contributed by atoms with Crippen molar-refractivity contribution in [3.63, 3.8) is 0 Å². The lowest BCUT2D eigenvalue weighted by Crippen LogP contribution is -2.25. The van der Waals surface area contributed by atoms with E-state index in [0.29, 0.717) is 25.5 Å². The summed E-state index contributed by atoms with van der Waals surface area (Å²) in [5.74, 6) is 1.60. The van der Waals surface area contributed by atoms with Crippen molar-refractivity contribution in [2.24, 2.45) is 5.92 Å². The van der Waals surface area contributed by atoms with Gasteiger partial charge in [0.15, 0.2) is 0 Å². The van der Waals surface area contributed by atoms with Crippen LogP contribution in [0.4, 0.5) is 0 Å². The number of hydrogen-bond acceptors (Lipinski definition) is 2. The molecule has 0 spiro atoms. The maximum absolute atomic E-state index is 11.4. The first kappa shape index (κ1) is 14.6. The van der Waals surface area contributed by atoms with Crippen molar-refractivity contribution in [2.75, 3.05) is 13.2 Å². The lowest BCUT2D eigenvalue weighted by Gasteiger charge is -2.08. The molecule has 0 saturated carbocycles. The van der Waals surface area contributed by atoms with Gasteiger partial charge in [0.25, 0.3) is 0 Å². The molecule has 0 atom stereocenters. The van der Waals surface area contributed by atoms with Gasteiger partial charge in [-0.05, 0) is 30.9 Å². The van der Waals surface area contributed by atoms with E-state index in [9.17, 15) is 4.79 Å². The van der Waals surface area contributed by atoms with Crippen molar-refractivity contribution in [3.05, 3.63) is 30.3 Å². The van der Waals surface area contributed by atoms with Crippen LogP contribution in [0, 0.1) is 5.92 Å². The molecular weight excluding hydrogens is 226 g/mol. The summed E-state index contributed by atoms with van der Waals surface area (Å²) in [6.07, 6.45) is 2.41. The fraction of sp³-hybridized carbons (Fsp3) is 0.533. The number of amides is 1. The summed E-state index contributed by atoms with van der Waals surface area (Å²) < 4.78 is 5.53. The maximum atomic E-state index is 11.4. The Hall–Kier alpha value is -1.51. The van der Waals surface area contributed by atoms with Gasteiger partial charge >= 0.3 is 0 Å². The van der Waals surface area contributed by atoms with E-state index in [4.69, 9.17) is 4.74 Å². The Kier molecular flexibility index (Phi) is 6.92. The van der Waals surface area contributed by atoms with Crippen LogP contribution in [0.3, 0.4) is 0 Å². The van der Waals surface area contributed by atoms with Crippen LogP contribution in [0.1, 0.15) is 33.1 Å². The molecule has 1 rings (SSSR count). The van der Waals surface area contributed by atoms with E-state index in [1.165, 1.54) is 0 Å². The third kappa shape index (κ3) is 6.94. The molecule has 0 fully saturated rings. The number of carbonyl (C=O) groups is 1. The molecule has 3 heteroatoms. The van der Waals surface area contributed by atoms with Gasteiger partial charge in [0.1, 0.15) is 5.75 Å². The van der Waals surface area contributed by atoms with Gasteiger partial charge in [-0.1, -0.05) is 32.0 Å². The zero-order valence-electron chi connectivity index (χ0n) is 11.3. The Morgan fingerprint density at radius 2 is 2.00 bits per heavy atom. The highest BCUT2D eigenvalue weighted by molar-refractivity contribution is 5.75. The molecule has 1 aromatic carbocycles. The first-order valence-electron chi connectivity index (χ1n) is 6.63. The van der Waals surface area contributed by atoms with E-state index in [2.05, 4.69) is 19.2 Å². The minimum Gasteiger partial charge on any atom is -0.494 e. The monoisotopic (exact) mass is 249 g/mol. The fourth-order valence-corrected chi connectivity index (χ4v) is 1.51. The Labute approximate surface area is 110 Å². The smallest absolute Gasteiger partial charge is 0.220 e. The minimum atomic E-state index is 0.142. The van der Waals surface area contributed by atoms with Crippen LogP contribution in [-0.4, -0.2) is 19.1 Å². The Morgan fingerprint density at radius 1 is 1.28 bits per heavy atom. The van der Waals surface area contributed by atoms with Gasteiger partial charge in [-0.3, -0.25) is 4.79 Å². The Balaban J connectivity index is 2.00. The molecule has 0 aromatic heterocycles. The van der Waals surface area contributed by atoms with Gasteiger partial charge in [0.2, 0.25) is 5.91 Å². The number of para-hydroxylation sites is 1. The first-order valence-corrected chi connectivity index (χ1v) is 6.63. The summed E-state index contributed by atoms with van der Waals surface area (Å²) >= 11 is 0.